The Labute approximate surface area is 40.8 Å². The lowest BCUT2D eigenvalue weighted by Crippen LogP contribution is -2.12. The third-order valence-corrected chi connectivity index (χ3v) is 1.52. The molecule has 0 rings (SSSR count). The van der Waals surface area contributed by atoms with E-state index in [0.29, 0.717) is 5.25 Å². The van der Waals surface area contributed by atoms with Gasteiger partial charge in [0.2, 0.25) is 0 Å². The zero-order chi connectivity index (χ0) is 5.15. The van der Waals surface area contributed by atoms with Crippen LogP contribution in [0.25, 0.3) is 0 Å². The average molecular weight is 106 g/mol. The molecule has 0 aromatic carbocycles. The van der Waals surface area contributed by atoms with Crippen LogP contribution in [0.15, 0.2) is 0 Å². The summed E-state index contributed by atoms with van der Waals surface area (Å²) in [4.78, 5) is 0. The van der Waals surface area contributed by atoms with Crippen molar-refractivity contribution in [2.75, 3.05) is 0 Å². The van der Waals surface area contributed by atoms with E-state index in [1.165, 1.54) is 0 Å². The van der Waals surface area contributed by atoms with Crippen LogP contribution in [0.2, 0.25) is 0 Å². The van der Waals surface area contributed by atoms with E-state index in [0.717, 1.165) is 0 Å². The Morgan fingerprint density at radius 1 is 1.67 bits per heavy atom. The van der Waals surface area contributed by atoms with E-state index in [1.807, 2.05) is 13.8 Å². The highest BCUT2D eigenvalue weighted by Crippen LogP contribution is 1.83. The van der Waals surface area contributed by atoms with Crippen LogP contribution in [0.4, 0.5) is 0 Å². The van der Waals surface area contributed by atoms with Gasteiger partial charge in [0.25, 0.3) is 0 Å². The lowest BCUT2D eigenvalue weighted by molar-refractivity contribution is 1.10. The molecule has 0 spiro atoms. The van der Waals surface area contributed by atoms with Gasteiger partial charge >= 0.3 is 0 Å². The van der Waals surface area contributed by atoms with Crippen LogP contribution in [-0.4, -0.2) is 5.25 Å². The molecule has 0 bridgehead atoms. The highest BCUT2D eigenvalue weighted by atomic mass is 32.2. The van der Waals surface area contributed by atoms with Crippen molar-refractivity contribution in [1.82, 2.24) is 0 Å². The van der Waals surface area contributed by atoms with Gasteiger partial charge in [-0.05, 0) is 10.9 Å². The van der Waals surface area contributed by atoms with Crippen molar-refractivity contribution in [1.29, 1.82) is 4.78 Å². The Morgan fingerprint density at radius 3 is 1.83 bits per heavy atom. The van der Waals surface area contributed by atoms with Crippen molar-refractivity contribution in [2.45, 2.75) is 19.1 Å². The fourth-order valence-corrected chi connectivity index (χ4v) is 0. The second-order valence-corrected chi connectivity index (χ2v) is 3.11. The van der Waals surface area contributed by atoms with Crippen LogP contribution < -0.4 is 5.14 Å². The summed E-state index contributed by atoms with van der Waals surface area (Å²) in [7, 11) is -0.617. The zero-order valence-electron chi connectivity index (χ0n) is 4.06. The molecule has 6 heavy (non-hydrogen) atoms. The number of nitrogens with two attached hydrogens (primary N) is 1. The Bertz CT molecular complexity index is 59.8. The van der Waals surface area contributed by atoms with E-state index in [2.05, 4.69) is 0 Å². The number of hydrogen-bond acceptors (Lipinski definition) is 1. The van der Waals surface area contributed by atoms with Crippen molar-refractivity contribution >= 4 is 10.9 Å². The van der Waals surface area contributed by atoms with E-state index in [-0.39, 0.29) is 0 Å². The van der Waals surface area contributed by atoms with E-state index in [9.17, 15) is 0 Å². The monoisotopic (exact) mass is 106 g/mol. The van der Waals surface area contributed by atoms with Gasteiger partial charge < -0.3 is 0 Å². The molecular weight excluding hydrogens is 96.1 g/mol. The van der Waals surface area contributed by atoms with Crippen molar-refractivity contribution in [3.8, 4) is 0 Å². The molecule has 0 aliphatic heterocycles. The first-order valence-corrected chi connectivity index (χ1v) is 3.18. The molecule has 3 heteroatoms. The first-order chi connectivity index (χ1) is 2.64. The maximum Gasteiger partial charge on any atom is 0.0231 e. The fraction of sp³-hybridized carbons (Fsp3) is 1.00. The summed E-state index contributed by atoms with van der Waals surface area (Å²) < 4.78 is 6.84. The van der Waals surface area contributed by atoms with Crippen molar-refractivity contribution in [2.24, 2.45) is 5.14 Å². The Morgan fingerprint density at radius 2 is 1.83 bits per heavy atom. The van der Waals surface area contributed by atoms with Gasteiger partial charge in [0.05, 0.1) is 0 Å². The molecule has 0 aromatic rings. The van der Waals surface area contributed by atoms with E-state index >= 15 is 0 Å². The van der Waals surface area contributed by atoms with Gasteiger partial charge in [0.1, 0.15) is 0 Å². The molecule has 0 radical (unpaired) electrons. The van der Waals surface area contributed by atoms with Gasteiger partial charge in [-0.25, -0.2) is 0 Å². The van der Waals surface area contributed by atoms with Gasteiger partial charge in [-0.1, -0.05) is 13.8 Å². The molecule has 0 aliphatic rings. The number of hydrogen-bond donors (Lipinski definition) is 2. The van der Waals surface area contributed by atoms with Gasteiger partial charge in [-0.2, -0.15) is 0 Å². The smallest absolute Gasteiger partial charge is 0.0231 e. The van der Waals surface area contributed by atoms with Crippen LogP contribution in [0.1, 0.15) is 13.8 Å². The lowest BCUT2D eigenvalue weighted by Gasteiger charge is -1.97. The van der Waals surface area contributed by atoms with Crippen LogP contribution >= 0.6 is 0 Å². The minimum atomic E-state index is -0.617. The molecule has 3 N–H and O–H groups in total. The van der Waals surface area contributed by atoms with Crippen LogP contribution in [0.3, 0.4) is 0 Å². The lowest BCUT2D eigenvalue weighted by atomic mass is 10.6. The summed E-state index contributed by atoms with van der Waals surface area (Å²) in [6.07, 6.45) is 0. The van der Waals surface area contributed by atoms with Crippen molar-refractivity contribution in [3.63, 3.8) is 0 Å². The standard InChI is InChI=1S/C3H10N2S/c1-3(2)6(4)5/h3H,1-2H3,(H3,4,5). The molecule has 0 heterocycles. The quantitative estimate of drug-likeness (QED) is 0.506. The van der Waals surface area contributed by atoms with E-state index in [4.69, 9.17) is 9.92 Å². The SMILES string of the molecule is CC(C)S(=N)N. The maximum atomic E-state index is 6.84. The predicted octanol–water partition coefficient (Wildman–Crippen LogP) is 0.649. The highest BCUT2D eigenvalue weighted by molar-refractivity contribution is 7.84. The third-order valence-electron chi connectivity index (χ3n) is 0.508. The summed E-state index contributed by atoms with van der Waals surface area (Å²) in [5, 5.41) is 5.45. The average Bonchev–Trinajstić information content (AvgIpc) is 1.36. The summed E-state index contributed by atoms with van der Waals surface area (Å²) in [6.45, 7) is 3.88. The molecule has 1 atom stereocenters. The number of nitrogens with one attached hydrogen (secondary N) is 1. The van der Waals surface area contributed by atoms with Crippen LogP contribution in [0.5, 0.6) is 0 Å². The topological polar surface area (TPSA) is 49.9 Å². The largest absolute Gasteiger partial charge is 0.269 e. The molecule has 2 nitrogen and oxygen atoms in total. The zero-order valence-corrected chi connectivity index (χ0v) is 4.88. The minimum Gasteiger partial charge on any atom is -0.269 e. The second-order valence-electron chi connectivity index (χ2n) is 1.42. The molecule has 0 fully saturated rings. The molecule has 0 saturated heterocycles. The fourth-order valence-electron chi connectivity index (χ4n) is 0. The summed E-state index contributed by atoms with van der Waals surface area (Å²) in [5.41, 5.74) is 0. The van der Waals surface area contributed by atoms with Gasteiger partial charge in [0, 0.05) is 5.25 Å². The first-order valence-electron chi connectivity index (χ1n) is 1.83. The Balaban J connectivity index is 3.26. The van der Waals surface area contributed by atoms with Gasteiger partial charge in [-0.15, -0.1) is 0 Å². The normalized spacial score (nSPS) is 15.3. The molecule has 0 aromatic heterocycles. The third kappa shape index (κ3) is 2.35. The summed E-state index contributed by atoms with van der Waals surface area (Å²) in [6, 6.07) is 0. The minimum absolute atomic E-state index is 0.324. The van der Waals surface area contributed by atoms with Crippen LogP contribution in [-0.2, 0) is 10.9 Å². The molecule has 38 valence electrons. The molecular formula is C3H10N2S. The maximum absolute atomic E-state index is 6.84. The second kappa shape index (κ2) is 2.31. The predicted molar refractivity (Wildman–Crippen MR) is 29.4 cm³/mol. The summed E-state index contributed by atoms with van der Waals surface area (Å²) in [5.74, 6) is 0. The number of rotatable bonds is 1. The van der Waals surface area contributed by atoms with Crippen LogP contribution in [0, 0.1) is 4.78 Å². The molecule has 0 saturated carbocycles. The Kier molecular flexibility index (Phi) is 2.35. The summed E-state index contributed by atoms with van der Waals surface area (Å²) >= 11 is 0. The van der Waals surface area contributed by atoms with Gasteiger partial charge in [0.15, 0.2) is 0 Å². The van der Waals surface area contributed by atoms with Crippen molar-refractivity contribution < 1.29 is 0 Å². The first kappa shape index (κ1) is 6.11. The van der Waals surface area contributed by atoms with Crippen molar-refractivity contribution in [3.05, 3.63) is 0 Å². The molecule has 0 amide bonds. The molecule has 1 unspecified atom stereocenters. The molecule has 0 aliphatic carbocycles. The highest BCUT2D eigenvalue weighted by Gasteiger charge is 1.88. The van der Waals surface area contributed by atoms with E-state index < -0.39 is 10.9 Å². The van der Waals surface area contributed by atoms with Gasteiger partial charge in [-0.3, -0.25) is 9.92 Å². The van der Waals surface area contributed by atoms with E-state index in [1.54, 1.807) is 0 Å². The Hall–Kier alpha value is 0.110.